The van der Waals surface area contributed by atoms with Crippen LogP contribution in [0.25, 0.3) is 0 Å². The van der Waals surface area contributed by atoms with Crippen molar-refractivity contribution in [1.29, 1.82) is 0 Å². The molecule has 0 saturated heterocycles. The molecule has 0 aliphatic carbocycles. The Morgan fingerprint density at radius 1 is 1.38 bits per heavy atom. The van der Waals surface area contributed by atoms with Crippen LogP contribution < -0.4 is 5.90 Å². The van der Waals surface area contributed by atoms with Gasteiger partial charge in [0.1, 0.15) is 0 Å². The van der Waals surface area contributed by atoms with E-state index in [9.17, 15) is 0 Å². The molecule has 0 spiro atoms. The highest BCUT2D eigenvalue weighted by molar-refractivity contribution is 4.84. The van der Waals surface area contributed by atoms with Crippen LogP contribution in [0, 0.1) is 0 Å². The fraction of sp³-hybridized carbons (Fsp3) is 0.200. The zero-order valence-corrected chi connectivity index (χ0v) is 4.79. The lowest BCUT2D eigenvalue weighted by molar-refractivity contribution is 0.206. The van der Waals surface area contributed by atoms with Crippen LogP contribution in [0.4, 0.5) is 0 Å². The minimum absolute atomic E-state index is 1.40. The first-order valence-corrected chi connectivity index (χ1v) is 2.22. The van der Waals surface area contributed by atoms with E-state index < -0.39 is 0 Å². The van der Waals surface area contributed by atoms with Crippen molar-refractivity contribution in [3.8, 4) is 0 Å². The molecule has 1 heterocycles. The normalized spacial score (nSPS) is 7.25. The van der Waals surface area contributed by atoms with Gasteiger partial charge >= 0.3 is 0 Å². The molecule has 46 valence electrons. The monoisotopic (exact) mass is 114 g/mol. The van der Waals surface area contributed by atoms with Crippen molar-refractivity contribution in [1.82, 2.24) is 4.98 Å². The Bertz CT molecular complexity index is 77.3. The van der Waals surface area contributed by atoms with E-state index in [-0.39, 0.29) is 0 Å². The van der Waals surface area contributed by atoms with E-state index in [0.29, 0.717) is 0 Å². The predicted molar refractivity (Wildman–Crippen MR) is 32.0 cm³/mol. The highest BCUT2D eigenvalue weighted by atomic mass is 16.6. The lowest BCUT2D eigenvalue weighted by Crippen LogP contribution is -1.86. The third-order valence-electron chi connectivity index (χ3n) is 0.496. The largest absolute Gasteiger partial charge is 0.368 e. The van der Waals surface area contributed by atoms with Gasteiger partial charge in [0.2, 0.25) is 0 Å². The van der Waals surface area contributed by atoms with Gasteiger partial charge in [-0.3, -0.25) is 0 Å². The molecule has 3 N–H and O–H groups in total. The molecular formula is C5H10N2O. The highest BCUT2D eigenvalue weighted by Gasteiger charge is 1.55. The summed E-state index contributed by atoms with van der Waals surface area (Å²) in [5.74, 6) is 4.35. The molecule has 1 rings (SSSR count). The number of hydrogen-bond donors (Lipinski definition) is 2. The fourth-order valence-electron chi connectivity index (χ4n) is 0.278. The lowest BCUT2D eigenvalue weighted by atomic mass is 10.7. The summed E-state index contributed by atoms with van der Waals surface area (Å²) in [5, 5.41) is 0. The van der Waals surface area contributed by atoms with Gasteiger partial charge in [-0.15, -0.1) is 0 Å². The quantitative estimate of drug-likeness (QED) is 0.483. The van der Waals surface area contributed by atoms with Crippen LogP contribution in [0.1, 0.15) is 0 Å². The minimum Gasteiger partial charge on any atom is -0.368 e. The molecule has 0 unspecified atom stereocenters. The number of aromatic amines is 1. The van der Waals surface area contributed by atoms with Gasteiger partial charge in [0.15, 0.2) is 0 Å². The van der Waals surface area contributed by atoms with Crippen LogP contribution in [0.5, 0.6) is 0 Å². The number of rotatable bonds is 0. The SMILES string of the molecule is CON.c1cc[nH]c1. The summed E-state index contributed by atoms with van der Waals surface area (Å²) in [4.78, 5) is 6.61. The van der Waals surface area contributed by atoms with Gasteiger partial charge in [-0.1, -0.05) is 0 Å². The first kappa shape index (κ1) is 7.20. The summed E-state index contributed by atoms with van der Waals surface area (Å²) in [6.45, 7) is 0. The Morgan fingerprint density at radius 3 is 1.88 bits per heavy atom. The molecule has 0 saturated carbocycles. The summed E-state index contributed by atoms with van der Waals surface area (Å²) >= 11 is 0. The van der Waals surface area contributed by atoms with Gasteiger partial charge in [0, 0.05) is 12.4 Å². The molecule has 0 fully saturated rings. The maximum atomic E-state index is 4.35. The molecular weight excluding hydrogens is 104 g/mol. The van der Waals surface area contributed by atoms with Crippen LogP contribution in [-0.2, 0) is 4.84 Å². The Labute approximate surface area is 48.4 Å². The molecule has 0 bridgehead atoms. The number of H-pyrrole nitrogens is 1. The van der Waals surface area contributed by atoms with Crippen molar-refractivity contribution >= 4 is 0 Å². The van der Waals surface area contributed by atoms with Gasteiger partial charge in [0.25, 0.3) is 0 Å². The second-order valence-electron chi connectivity index (χ2n) is 1.12. The van der Waals surface area contributed by atoms with Crippen LogP contribution in [0.3, 0.4) is 0 Å². The van der Waals surface area contributed by atoms with E-state index >= 15 is 0 Å². The van der Waals surface area contributed by atoms with Crippen molar-refractivity contribution in [2.45, 2.75) is 0 Å². The maximum absolute atomic E-state index is 4.35. The van der Waals surface area contributed by atoms with Crippen molar-refractivity contribution in [3.63, 3.8) is 0 Å². The predicted octanol–water partition coefficient (Wildman–Crippen LogP) is 0.521. The molecule has 0 amide bonds. The Kier molecular flexibility index (Phi) is 5.58. The van der Waals surface area contributed by atoms with Crippen molar-refractivity contribution in [2.75, 3.05) is 7.11 Å². The van der Waals surface area contributed by atoms with Crippen molar-refractivity contribution < 1.29 is 4.84 Å². The molecule has 1 aromatic rings. The van der Waals surface area contributed by atoms with Crippen LogP contribution >= 0.6 is 0 Å². The van der Waals surface area contributed by atoms with Crippen molar-refractivity contribution in [2.24, 2.45) is 5.90 Å². The molecule has 0 radical (unpaired) electrons. The first-order valence-electron chi connectivity index (χ1n) is 2.22. The average molecular weight is 114 g/mol. The Morgan fingerprint density at radius 2 is 1.75 bits per heavy atom. The fourth-order valence-corrected chi connectivity index (χ4v) is 0.278. The second kappa shape index (κ2) is 6.20. The van der Waals surface area contributed by atoms with Gasteiger partial charge in [-0.05, 0) is 12.1 Å². The van der Waals surface area contributed by atoms with Crippen LogP contribution in [0.15, 0.2) is 24.5 Å². The Balaban J connectivity index is 0.000000145. The molecule has 3 nitrogen and oxygen atoms in total. The van der Waals surface area contributed by atoms with Crippen molar-refractivity contribution in [3.05, 3.63) is 24.5 Å². The van der Waals surface area contributed by atoms with E-state index in [2.05, 4.69) is 15.7 Å². The zero-order valence-electron chi connectivity index (χ0n) is 4.79. The number of nitrogens with two attached hydrogens (primary N) is 1. The molecule has 0 aliphatic heterocycles. The summed E-state index contributed by atoms with van der Waals surface area (Å²) in [7, 11) is 1.40. The summed E-state index contributed by atoms with van der Waals surface area (Å²) in [6.07, 6.45) is 3.75. The third kappa shape index (κ3) is 5.20. The first-order chi connectivity index (χ1) is 3.91. The molecule has 1 aromatic heterocycles. The van der Waals surface area contributed by atoms with Gasteiger partial charge in [-0.25, -0.2) is 5.90 Å². The number of nitrogens with one attached hydrogen (secondary N) is 1. The Hall–Kier alpha value is -0.800. The number of aromatic nitrogens is 1. The van der Waals surface area contributed by atoms with E-state index in [0.717, 1.165) is 0 Å². The third-order valence-corrected chi connectivity index (χ3v) is 0.496. The van der Waals surface area contributed by atoms with Crippen LogP contribution in [-0.4, -0.2) is 12.1 Å². The standard InChI is InChI=1S/C4H5N.CH5NO/c1-2-4-5-3-1;1-3-2/h1-5H;2H2,1H3. The topological polar surface area (TPSA) is 51.0 Å². The average Bonchev–Trinajstić information content (AvgIpc) is 2.17. The van der Waals surface area contributed by atoms with Gasteiger partial charge in [0.05, 0.1) is 7.11 Å². The van der Waals surface area contributed by atoms with Crippen LogP contribution in [0.2, 0.25) is 0 Å². The summed E-state index contributed by atoms with van der Waals surface area (Å²) in [5.41, 5.74) is 0. The lowest BCUT2D eigenvalue weighted by Gasteiger charge is -1.62. The zero-order chi connectivity index (χ0) is 6.24. The van der Waals surface area contributed by atoms with E-state index in [4.69, 9.17) is 0 Å². The van der Waals surface area contributed by atoms with E-state index in [1.807, 2.05) is 24.5 Å². The van der Waals surface area contributed by atoms with Gasteiger partial charge < -0.3 is 9.82 Å². The molecule has 8 heavy (non-hydrogen) atoms. The molecule has 0 aliphatic rings. The highest BCUT2D eigenvalue weighted by Crippen LogP contribution is 1.72. The maximum Gasteiger partial charge on any atom is 0.0569 e. The molecule has 0 aromatic carbocycles. The van der Waals surface area contributed by atoms with E-state index in [1.54, 1.807) is 0 Å². The smallest absolute Gasteiger partial charge is 0.0569 e. The molecule has 3 heteroatoms. The summed E-state index contributed by atoms with van der Waals surface area (Å²) < 4.78 is 0. The van der Waals surface area contributed by atoms with Gasteiger partial charge in [-0.2, -0.15) is 0 Å². The summed E-state index contributed by atoms with van der Waals surface area (Å²) in [6, 6.07) is 3.89. The minimum atomic E-state index is 1.40. The van der Waals surface area contributed by atoms with E-state index in [1.165, 1.54) is 7.11 Å². The number of hydrogen-bond acceptors (Lipinski definition) is 2. The molecule has 0 atom stereocenters. The second-order valence-corrected chi connectivity index (χ2v) is 1.12.